The molecule has 2 N–H and O–H groups in total. The number of aliphatic hydroxyl groups is 1. The van der Waals surface area contributed by atoms with Gasteiger partial charge in [-0.2, -0.15) is 0 Å². The van der Waals surface area contributed by atoms with Crippen molar-refractivity contribution in [3.05, 3.63) is 77.1 Å². The summed E-state index contributed by atoms with van der Waals surface area (Å²) in [6.07, 6.45) is 0. The summed E-state index contributed by atoms with van der Waals surface area (Å²) >= 11 is 0. The van der Waals surface area contributed by atoms with Crippen molar-refractivity contribution in [3.63, 3.8) is 0 Å². The minimum Gasteiger partial charge on any atom is -0.496 e. The Hall–Kier alpha value is -2.43. The quantitative estimate of drug-likeness (QED) is 0.702. The molecule has 0 aromatic heterocycles. The van der Waals surface area contributed by atoms with Gasteiger partial charge in [-0.25, -0.2) is 4.39 Å². The van der Waals surface area contributed by atoms with E-state index in [0.717, 1.165) is 22.1 Å². The van der Waals surface area contributed by atoms with Gasteiger partial charge in [-0.05, 0) is 41.6 Å². The number of aliphatic hydroxyl groups excluding tert-OH is 1. The summed E-state index contributed by atoms with van der Waals surface area (Å²) in [6.45, 7) is 2.40. The largest absolute Gasteiger partial charge is 0.496 e. The Balaban J connectivity index is 1.82. The zero-order valence-electron chi connectivity index (χ0n) is 14.4. The van der Waals surface area contributed by atoms with E-state index in [0.29, 0.717) is 12.1 Å². The van der Waals surface area contributed by atoms with E-state index in [4.69, 9.17) is 4.74 Å². The molecule has 0 aliphatic carbocycles. The Morgan fingerprint density at radius 2 is 1.84 bits per heavy atom. The number of halogens is 1. The van der Waals surface area contributed by atoms with E-state index in [2.05, 4.69) is 30.4 Å². The van der Waals surface area contributed by atoms with Crippen LogP contribution in [0.4, 0.5) is 4.39 Å². The number of fused-ring (bicyclic) bond motifs is 1. The van der Waals surface area contributed by atoms with Crippen LogP contribution in [-0.2, 0) is 13.2 Å². The third-order valence-electron chi connectivity index (χ3n) is 4.50. The average Bonchev–Trinajstić information content (AvgIpc) is 2.66. The molecule has 0 aliphatic rings. The van der Waals surface area contributed by atoms with Gasteiger partial charge in [0.15, 0.2) is 0 Å². The molecule has 25 heavy (non-hydrogen) atoms. The fraction of sp³-hybridized carbons (Fsp3) is 0.238. The van der Waals surface area contributed by atoms with Crippen LogP contribution in [0, 0.1) is 5.82 Å². The number of benzene rings is 3. The summed E-state index contributed by atoms with van der Waals surface area (Å²) in [5.74, 6) is 0.484. The van der Waals surface area contributed by atoms with Crippen LogP contribution in [0.15, 0.2) is 54.6 Å². The number of nitrogens with one attached hydrogen (secondary N) is 1. The molecule has 3 rings (SSSR count). The Labute approximate surface area is 147 Å². The maximum absolute atomic E-state index is 13.5. The standard InChI is InChI=1S/C21H22FNO2/c1-14(23-12-15-7-9-20(22)16(11-15)13-24)17-8-10-21(25-2)19-6-4-3-5-18(17)19/h3-11,14,23-24H,12-13H2,1-2H3. The highest BCUT2D eigenvalue weighted by Crippen LogP contribution is 2.31. The van der Waals surface area contributed by atoms with Crippen molar-refractivity contribution in [1.82, 2.24) is 5.32 Å². The summed E-state index contributed by atoms with van der Waals surface area (Å²) in [5, 5.41) is 14.9. The lowest BCUT2D eigenvalue weighted by atomic mass is 9.98. The molecule has 0 spiro atoms. The zero-order valence-corrected chi connectivity index (χ0v) is 14.4. The second-order valence-electron chi connectivity index (χ2n) is 6.09. The molecule has 0 fully saturated rings. The monoisotopic (exact) mass is 339 g/mol. The van der Waals surface area contributed by atoms with Gasteiger partial charge in [0.1, 0.15) is 11.6 Å². The van der Waals surface area contributed by atoms with Gasteiger partial charge in [-0.3, -0.25) is 0 Å². The van der Waals surface area contributed by atoms with Gasteiger partial charge < -0.3 is 15.2 Å². The van der Waals surface area contributed by atoms with Crippen LogP contribution in [0.5, 0.6) is 5.75 Å². The van der Waals surface area contributed by atoms with Crippen molar-refractivity contribution >= 4 is 10.8 Å². The Bertz CT molecular complexity index is 879. The van der Waals surface area contributed by atoms with Crippen molar-refractivity contribution in [2.45, 2.75) is 26.1 Å². The molecule has 0 saturated carbocycles. The summed E-state index contributed by atoms with van der Waals surface area (Å²) in [6, 6.07) is 17.2. The Morgan fingerprint density at radius 3 is 2.56 bits per heavy atom. The minimum atomic E-state index is -0.375. The van der Waals surface area contributed by atoms with Crippen molar-refractivity contribution < 1.29 is 14.2 Å². The smallest absolute Gasteiger partial charge is 0.128 e. The first kappa shape index (κ1) is 17.4. The summed E-state index contributed by atoms with van der Waals surface area (Å²) in [7, 11) is 1.68. The average molecular weight is 339 g/mol. The van der Waals surface area contributed by atoms with E-state index in [1.54, 1.807) is 19.2 Å². The van der Waals surface area contributed by atoms with Gasteiger partial charge in [-0.15, -0.1) is 0 Å². The first-order chi connectivity index (χ1) is 12.1. The van der Waals surface area contributed by atoms with Gasteiger partial charge in [-0.1, -0.05) is 36.4 Å². The van der Waals surface area contributed by atoms with Gasteiger partial charge in [0, 0.05) is 23.5 Å². The molecule has 3 aromatic carbocycles. The normalized spacial score (nSPS) is 12.3. The maximum Gasteiger partial charge on any atom is 0.128 e. The Kier molecular flexibility index (Phi) is 5.31. The lowest BCUT2D eigenvalue weighted by Gasteiger charge is -2.18. The van der Waals surface area contributed by atoms with E-state index in [1.807, 2.05) is 18.2 Å². The Morgan fingerprint density at radius 1 is 1.08 bits per heavy atom. The summed E-state index contributed by atoms with van der Waals surface area (Å²) < 4.78 is 18.9. The summed E-state index contributed by atoms with van der Waals surface area (Å²) in [5.41, 5.74) is 2.44. The van der Waals surface area contributed by atoms with Crippen LogP contribution in [-0.4, -0.2) is 12.2 Å². The van der Waals surface area contributed by atoms with Gasteiger partial charge >= 0.3 is 0 Å². The minimum absolute atomic E-state index is 0.110. The van der Waals surface area contributed by atoms with Crippen LogP contribution in [0.1, 0.15) is 29.7 Å². The van der Waals surface area contributed by atoms with Crippen LogP contribution < -0.4 is 10.1 Å². The highest BCUT2D eigenvalue weighted by atomic mass is 19.1. The maximum atomic E-state index is 13.5. The van der Waals surface area contributed by atoms with Gasteiger partial charge in [0.25, 0.3) is 0 Å². The van der Waals surface area contributed by atoms with Crippen molar-refractivity contribution in [2.75, 3.05) is 7.11 Å². The number of rotatable bonds is 6. The van der Waals surface area contributed by atoms with E-state index >= 15 is 0 Å². The number of methoxy groups -OCH3 is 1. The van der Waals surface area contributed by atoms with Crippen LogP contribution in [0.3, 0.4) is 0 Å². The van der Waals surface area contributed by atoms with Gasteiger partial charge in [0.2, 0.25) is 0 Å². The van der Waals surface area contributed by atoms with E-state index < -0.39 is 0 Å². The molecule has 3 aromatic rings. The van der Waals surface area contributed by atoms with Crippen LogP contribution in [0.2, 0.25) is 0 Å². The van der Waals surface area contributed by atoms with Crippen molar-refractivity contribution in [1.29, 1.82) is 0 Å². The predicted molar refractivity (Wildman–Crippen MR) is 98.1 cm³/mol. The van der Waals surface area contributed by atoms with Crippen LogP contribution in [0.25, 0.3) is 10.8 Å². The topological polar surface area (TPSA) is 41.5 Å². The lowest BCUT2D eigenvalue weighted by Crippen LogP contribution is -2.18. The summed E-state index contributed by atoms with van der Waals surface area (Å²) in [4.78, 5) is 0. The molecule has 130 valence electrons. The number of hydrogen-bond donors (Lipinski definition) is 2. The fourth-order valence-electron chi connectivity index (χ4n) is 3.09. The lowest BCUT2D eigenvalue weighted by molar-refractivity contribution is 0.275. The predicted octanol–water partition coefficient (Wildman–Crippen LogP) is 4.33. The molecule has 4 heteroatoms. The highest BCUT2D eigenvalue weighted by Gasteiger charge is 2.12. The van der Waals surface area contributed by atoms with Crippen molar-refractivity contribution in [3.8, 4) is 5.75 Å². The van der Waals surface area contributed by atoms with Crippen LogP contribution >= 0.6 is 0 Å². The molecule has 0 radical (unpaired) electrons. The van der Waals surface area contributed by atoms with E-state index in [9.17, 15) is 9.50 Å². The fourth-order valence-corrected chi connectivity index (χ4v) is 3.09. The second kappa shape index (κ2) is 7.64. The molecule has 0 amide bonds. The molecule has 3 nitrogen and oxygen atoms in total. The SMILES string of the molecule is COc1ccc(C(C)NCc2ccc(F)c(CO)c2)c2ccccc12. The molecule has 0 bridgehead atoms. The van der Waals surface area contributed by atoms with E-state index in [-0.39, 0.29) is 18.5 Å². The molecule has 1 atom stereocenters. The molecule has 0 aliphatic heterocycles. The zero-order chi connectivity index (χ0) is 17.8. The molecular weight excluding hydrogens is 317 g/mol. The molecule has 0 saturated heterocycles. The first-order valence-electron chi connectivity index (χ1n) is 8.31. The number of hydrogen-bond acceptors (Lipinski definition) is 3. The van der Waals surface area contributed by atoms with Gasteiger partial charge in [0.05, 0.1) is 13.7 Å². The first-order valence-corrected chi connectivity index (χ1v) is 8.31. The van der Waals surface area contributed by atoms with Crippen molar-refractivity contribution in [2.24, 2.45) is 0 Å². The third-order valence-corrected chi connectivity index (χ3v) is 4.50. The highest BCUT2D eigenvalue weighted by molar-refractivity contribution is 5.91. The molecule has 1 unspecified atom stereocenters. The molecule has 0 heterocycles. The number of ether oxygens (including phenoxy) is 1. The third kappa shape index (κ3) is 3.65. The molecular formula is C21H22FNO2. The van der Waals surface area contributed by atoms with E-state index in [1.165, 1.54) is 11.6 Å². The second-order valence-corrected chi connectivity index (χ2v) is 6.09.